The molecule has 4 rings (SSSR count). The van der Waals surface area contributed by atoms with E-state index in [2.05, 4.69) is 15.6 Å². The standard InChI is InChI=1S/C21H15ClF3N3O2/c22-15-4-2-10-26-18(15)17-11-27-16-5-1-3-14(19(16)30-17)20(29)28-13-8-6-12(7-9-13)21(23,24)25/h1-10,17,27H,11H2,(H,28,29). The molecule has 1 amide bonds. The molecule has 0 spiro atoms. The number of aromatic nitrogens is 1. The lowest BCUT2D eigenvalue weighted by atomic mass is 10.1. The Hall–Kier alpha value is -3.26. The van der Waals surface area contributed by atoms with Crippen LogP contribution in [0.2, 0.25) is 5.02 Å². The molecule has 2 N–H and O–H groups in total. The molecular formula is C21H15ClF3N3O2. The summed E-state index contributed by atoms with van der Waals surface area (Å²) in [5, 5.41) is 6.23. The smallest absolute Gasteiger partial charge is 0.416 e. The molecule has 0 saturated carbocycles. The van der Waals surface area contributed by atoms with Gasteiger partial charge in [-0.15, -0.1) is 0 Å². The summed E-state index contributed by atoms with van der Waals surface area (Å²) in [6, 6.07) is 12.6. The number of hydrogen-bond donors (Lipinski definition) is 2. The highest BCUT2D eigenvalue weighted by molar-refractivity contribution is 6.31. The summed E-state index contributed by atoms with van der Waals surface area (Å²) in [6.45, 7) is 0.410. The number of halogens is 4. The second kappa shape index (κ2) is 7.87. The van der Waals surface area contributed by atoms with Crippen molar-refractivity contribution in [3.63, 3.8) is 0 Å². The number of nitrogens with zero attached hydrogens (tertiary/aromatic N) is 1. The highest BCUT2D eigenvalue weighted by atomic mass is 35.5. The molecule has 0 radical (unpaired) electrons. The van der Waals surface area contributed by atoms with Crippen molar-refractivity contribution < 1.29 is 22.7 Å². The number of ether oxygens (including phenoxy) is 1. The molecule has 2 aromatic carbocycles. The van der Waals surface area contributed by atoms with E-state index >= 15 is 0 Å². The number of rotatable bonds is 3. The number of benzene rings is 2. The van der Waals surface area contributed by atoms with Crippen molar-refractivity contribution >= 4 is 28.9 Å². The molecule has 9 heteroatoms. The average molecular weight is 434 g/mol. The minimum Gasteiger partial charge on any atom is -0.479 e. The summed E-state index contributed by atoms with van der Waals surface area (Å²) in [7, 11) is 0. The third-order valence-corrected chi connectivity index (χ3v) is 4.88. The zero-order valence-corrected chi connectivity index (χ0v) is 16.1. The van der Waals surface area contributed by atoms with Crippen molar-refractivity contribution in [3.05, 3.63) is 82.6 Å². The molecule has 1 aliphatic heterocycles. The van der Waals surface area contributed by atoms with Gasteiger partial charge < -0.3 is 15.4 Å². The lowest BCUT2D eigenvalue weighted by Crippen LogP contribution is -2.26. The van der Waals surface area contributed by atoms with Gasteiger partial charge in [0.1, 0.15) is 5.69 Å². The molecule has 1 aliphatic rings. The number of para-hydroxylation sites is 1. The number of anilines is 2. The van der Waals surface area contributed by atoms with E-state index in [1.807, 2.05) is 0 Å². The third kappa shape index (κ3) is 4.04. The summed E-state index contributed by atoms with van der Waals surface area (Å²) in [5.74, 6) is -0.193. The maximum absolute atomic E-state index is 12.8. The first-order valence-electron chi connectivity index (χ1n) is 8.95. The number of amides is 1. The highest BCUT2D eigenvalue weighted by Crippen LogP contribution is 2.38. The molecule has 3 aromatic rings. The Morgan fingerprint density at radius 3 is 2.60 bits per heavy atom. The van der Waals surface area contributed by atoms with Gasteiger partial charge in [-0.3, -0.25) is 9.78 Å². The number of carbonyl (C=O) groups excluding carboxylic acids is 1. The number of hydrogen-bond acceptors (Lipinski definition) is 4. The molecule has 1 unspecified atom stereocenters. The van der Waals surface area contributed by atoms with E-state index in [0.717, 1.165) is 12.1 Å². The largest absolute Gasteiger partial charge is 0.479 e. The Morgan fingerprint density at radius 2 is 1.90 bits per heavy atom. The molecule has 1 atom stereocenters. The van der Waals surface area contributed by atoms with Crippen LogP contribution in [0.5, 0.6) is 5.75 Å². The number of carbonyl (C=O) groups is 1. The van der Waals surface area contributed by atoms with Crippen molar-refractivity contribution in [1.29, 1.82) is 0 Å². The molecule has 2 heterocycles. The normalized spacial score (nSPS) is 15.5. The van der Waals surface area contributed by atoms with Crippen LogP contribution in [0.15, 0.2) is 60.8 Å². The molecule has 5 nitrogen and oxygen atoms in total. The van der Waals surface area contributed by atoms with E-state index in [1.165, 1.54) is 12.1 Å². The third-order valence-electron chi connectivity index (χ3n) is 4.56. The maximum atomic E-state index is 12.8. The Bertz CT molecular complexity index is 1090. The van der Waals surface area contributed by atoms with Gasteiger partial charge in [0.05, 0.1) is 28.4 Å². The zero-order valence-electron chi connectivity index (χ0n) is 15.3. The number of alkyl halides is 3. The Morgan fingerprint density at radius 1 is 1.13 bits per heavy atom. The van der Waals surface area contributed by atoms with Crippen molar-refractivity contribution in [2.75, 3.05) is 17.2 Å². The van der Waals surface area contributed by atoms with Crippen LogP contribution in [0, 0.1) is 0 Å². The molecule has 1 aromatic heterocycles. The van der Waals surface area contributed by atoms with Gasteiger partial charge in [-0.25, -0.2) is 0 Å². The first-order valence-corrected chi connectivity index (χ1v) is 9.33. The quantitative estimate of drug-likeness (QED) is 0.568. The van der Waals surface area contributed by atoms with Gasteiger partial charge in [0.2, 0.25) is 0 Å². The van der Waals surface area contributed by atoms with E-state index < -0.39 is 23.8 Å². The SMILES string of the molecule is O=C(Nc1ccc(C(F)(F)F)cc1)c1cccc2c1OC(c1ncccc1Cl)CN2. The minimum absolute atomic E-state index is 0.233. The van der Waals surface area contributed by atoms with Gasteiger partial charge >= 0.3 is 6.18 Å². The second-order valence-electron chi connectivity index (χ2n) is 6.57. The fourth-order valence-electron chi connectivity index (χ4n) is 3.10. The van der Waals surface area contributed by atoms with Crippen LogP contribution in [0.3, 0.4) is 0 Å². The fraction of sp³-hybridized carbons (Fsp3) is 0.143. The van der Waals surface area contributed by atoms with Crippen molar-refractivity contribution in [3.8, 4) is 5.75 Å². The first-order chi connectivity index (χ1) is 14.3. The molecule has 0 bridgehead atoms. The summed E-state index contributed by atoms with van der Waals surface area (Å²) < 4.78 is 44.2. The highest BCUT2D eigenvalue weighted by Gasteiger charge is 2.30. The topological polar surface area (TPSA) is 63.2 Å². The first kappa shape index (κ1) is 20.0. The van der Waals surface area contributed by atoms with Crippen molar-refractivity contribution in [2.24, 2.45) is 0 Å². The average Bonchev–Trinajstić information content (AvgIpc) is 2.73. The van der Waals surface area contributed by atoms with Gasteiger partial charge in [0, 0.05) is 11.9 Å². The second-order valence-corrected chi connectivity index (χ2v) is 6.98. The molecule has 0 aliphatic carbocycles. The minimum atomic E-state index is -4.44. The lowest BCUT2D eigenvalue weighted by Gasteiger charge is -2.28. The fourth-order valence-corrected chi connectivity index (χ4v) is 3.34. The lowest BCUT2D eigenvalue weighted by molar-refractivity contribution is -0.137. The Kier molecular flexibility index (Phi) is 5.26. The monoisotopic (exact) mass is 433 g/mol. The van der Waals surface area contributed by atoms with Crippen LogP contribution >= 0.6 is 11.6 Å². The molecular weight excluding hydrogens is 419 g/mol. The van der Waals surface area contributed by atoms with Crippen LogP contribution < -0.4 is 15.4 Å². The van der Waals surface area contributed by atoms with Crippen LogP contribution in [-0.4, -0.2) is 17.4 Å². The molecule has 0 fully saturated rings. The van der Waals surface area contributed by atoms with Crippen LogP contribution in [0.25, 0.3) is 0 Å². The number of pyridine rings is 1. The van der Waals surface area contributed by atoms with E-state index in [9.17, 15) is 18.0 Å². The molecule has 30 heavy (non-hydrogen) atoms. The van der Waals surface area contributed by atoms with Crippen LogP contribution in [-0.2, 0) is 6.18 Å². The zero-order chi connectivity index (χ0) is 21.3. The van der Waals surface area contributed by atoms with Crippen molar-refractivity contribution in [2.45, 2.75) is 12.3 Å². The van der Waals surface area contributed by atoms with Gasteiger partial charge in [0.15, 0.2) is 11.9 Å². The van der Waals surface area contributed by atoms with Gasteiger partial charge in [-0.2, -0.15) is 13.2 Å². The van der Waals surface area contributed by atoms with Crippen LogP contribution in [0.4, 0.5) is 24.5 Å². The van der Waals surface area contributed by atoms with E-state index in [1.54, 1.807) is 36.5 Å². The Labute approximate surface area is 174 Å². The van der Waals surface area contributed by atoms with Crippen LogP contribution in [0.1, 0.15) is 27.7 Å². The van der Waals surface area contributed by atoms with Gasteiger partial charge in [0.25, 0.3) is 5.91 Å². The van der Waals surface area contributed by atoms with Gasteiger partial charge in [-0.05, 0) is 48.5 Å². The van der Waals surface area contributed by atoms with Gasteiger partial charge in [-0.1, -0.05) is 17.7 Å². The number of fused-ring (bicyclic) bond motifs is 1. The summed E-state index contributed by atoms with van der Waals surface area (Å²) in [4.78, 5) is 17.1. The maximum Gasteiger partial charge on any atom is 0.416 e. The van der Waals surface area contributed by atoms with E-state index in [0.29, 0.717) is 28.7 Å². The van der Waals surface area contributed by atoms with Crippen molar-refractivity contribution in [1.82, 2.24) is 4.98 Å². The molecule has 0 saturated heterocycles. The van der Waals surface area contributed by atoms with E-state index in [-0.39, 0.29) is 11.3 Å². The number of nitrogens with one attached hydrogen (secondary N) is 2. The summed E-state index contributed by atoms with van der Waals surface area (Å²) >= 11 is 6.21. The Balaban J connectivity index is 1.57. The predicted octanol–water partition coefficient (Wildman–Crippen LogP) is 5.55. The predicted molar refractivity (Wildman–Crippen MR) is 107 cm³/mol. The summed E-state index contributed by atoms with van der Waals surface area (Å²) in [6.07, 6.45) is -3.35. The van der Waals surface area contributed by atoms with E-state index in [4.69, 9.17) is 16.3 Å². The molecule has 154 valence electrons. The summed E-state index contributed by atoms with van der Waals surface area (Å²) in [5.41, 5.74) is 0.837.